The summed E-state index contributed by atoms with van der Waals surface area (Å²) in [4.78, 5) is 13.3. The molecule has 1 atom stereocenters. The lowest BCUT2D eigenvalue weighted by molar-refractivity contribution is -0.134. The molecule has 1 aliphatic heterocycles. The molecule has 33 heavy (non-hydrogen) atoms. The Kier molecular flexibility index (Phi) is 8.04. The molecule has 0 saturated heterocycles. The Morgan fingerprint density at radius 2 is 2.00 bits per heavy atom. The van der Waals surface area contributed by atoms with Crippen LogP contribution in [0.2, 0.25) is 0 Å². The number of benzene rings is 2. The highest BCUT2D eigenvalue weighted by atomic mass is 32.2. The zero-order valence-electron chi connectivity index (χ0n) is 18.7. The number of hydrogen-bond donors (Lipinski definition) is 1. The summed E-state index contributed by atoms with van der Waals surface area (Å²) in [5.41, 5.74) is 1.34. The summed E-state index contributed by atoms with van der Waals surface area (Å²) in [6.07, 6.45) is 4.77. The van der Waals surface area contributed by atoms with Gasteiger partial charge in [0.2, 0.25) is 15.9 Å². The number of anilines is 2. The van der Waals surface area contributed by atoms with Crippen molar-refractivity contribution in [1.82, 2.24) is 4.31 Å². The third-order valence-electron chi connectivity index (χ3n) is 5.55. The van der Waals surface area contributed by atoms with Crippen LogP contribution in [0.1, 0.15) is 26.2 Å². The van der Waals surface area contributed by atoms with Crippen LogP contribution in [0.15, 0.2) is 64.3 Å². The van der Waals surface area contributed by atoms with Gasteiger partial charge in [-0.15, -0.1) is 11.8 Å². The van der Waals surface area contributed by atoms with Crippen LogP contribution in [0, 0.1) is 0 Å². The second-order valence-electron chi connectivity index (χ2n) is 7.62. The lowest BCUT2D eigenvalue weighted by Crippen LogP contribution is -2.40. The SMILES string of the molecule is CCCC[C@@H]1CN(c2ccccc2)c2cc(SC)c(O/C=C(\F)C(=O)O)cc2S(=O)(=O)N1C. The third kappa shape index (κ3) is 5.34. The van der Waals surface area contributed by atoms with Crippen LogP contribution < -0.4 is 9.64 Å². The molecule has 0 amide bonds. The van der Waals surface area contributed by atoms with Crippen molar-refractivity contribution < 1.29 is 27.4 Å². The van der Waals surface area contributed by atoms with E-state index in [0.717, 1.165) is 18.5 Å². The first-order chi connectivity index (χ1) is 15.7. The van der Waals surface area contributed by atoms with E-state index in [9.17, 15) is 17.6 Å². The Morgan fingerprint density at radius 3 is 2.61 bits per heavy atom. The van der Waals surface area contributed by atoms with Crippen LogP contribution in [0.3, 0.4) is 0 Å². The number of unbranched alkanes of at least 4 members (excludes halogenated alkanes) is 1. The first kappa shape index (κ1) is 25.1. The number of sulfonamides is 1. The van der Waals surface area contributed by atoms with Crippen LogP contribution in [0.25, 0.3) is 0 Å². The molecule has 0 spiro atoms. The molecule has 1 N–H and O–H groups in total. The number of aliphatic carboxylic acids is 1. The van der Waals surface area contributed by atoms with Crippen LogP contribution in [0.4, 0.5) is 15.8 Å². The van der Waals surface area contributed by atoms with E-state index in [1.54, 1.807) is 19.4 Å². The largest absolute Gasteiger partial charge is 0.476 e. The van der Waals surface area contributed by atoms with Crippen molar-refractivity contribution in [2.45, 2.75) is 42.0 Å². The molecule has 0 saturated carbocycles. The average Bonchev–Trinajstić information content (AvgIpc) is 2.89. The second kappa shape index (κ2) is 10.6. The minimum atomic E-state index is -3.91. The average molecular weight is 495 g/mol. The highest BCUT2D eigenvalue weighted by Crippen LogP contribution is 2.43. The fourth-order valence-corrected chi connectivity index (χ4v) is 5.81. The van der Waals surface area contributed by atoms with Gasteiger partial charge in [-0.3, -0.25) is 0 Å². The van der Waals surface area contributed by atoms with Crippen LogP contribution >= 0.6 is 11.8 Å². The summed E-state index contributed by atoms with van der Waals surface area (Å²) in [5, 5.41) is 8.76. The number of para-hydroxylation sites is 1. The molecule has 0 unspecified atom stereocenters. The predicted octanol–water partition coefficient (Wildman–Crippen LogP) is 5.01. The van der Waals surface area contributed by atoms with E-state index < -0.39 is 21.8 Å². The molecule has 0 aromatic heterocycles. The Hall–Kier alpha value is -2.56. The predicted molar refractivity (Wildman–Crippen MR) is 127 cm³/mol. The Balaban J connectivity index is 2.21. The highest BCUT2D eigenvalue weighted by molar-refractivity contribution is 7.98. The zero-order chi connectivity index (χ0) is 24.2. The number of rotatable bonds is 8. The molecule has 178 valence electrons. The van der Waals surface area contributed by atoms with Crippen molar-refractivity contribution in [2.24, 2.45) is 0 Å². The van der Waals surface area contributed by atoms with Gasteiger partial charge in [-0.2, -0.15) is 8.70 Å². The lowest BCUT2D eigenvalue weighted by Gasteiger charge is -2.29. The number of fused-ring (bicyclic) bond motifs is 1. The van der Waals surface area contributed by atoms with Crippen LogP contribution in [0.5, 0.6) is 5.75 Å². The molecule has 1 heterocycles. The maximum absolute atomic E-state index is 13.6. The van der Waals surface area contributed by atoms with Crippen molar-refractivity contribution >= 4 is 39.1 Å². The number of halogens is 1. The van der Waals surface area contributed by atoms with Gasteiger partial charge < -0.3 is 14.7 Å². The molecule has 7 nitrogen and oxygen atoms in total. The summed E-state index contributed by atoms with van der Waals surface area (Å²) in [6.45, 7) is 2.53. The summed E-state index contributed by atoms with van der Waals surface area (Å²) in [7, 11) is -2.34. The Labute approximate surface area is 197 Å². The molecule has 0 aliphatic carbocycles. The summed E-state index contributed by atoms with van der Waals surface area (Å²) in [6, 6.07) is 12.3. The molecule has 0 bridgehead atoms. The monoisotopic (exact) mass is 494 g/mol. The maximum Gasteiger partial charge on any atom is 0.368 e. The molecular weight excluding hydrogens is 467 g/mol. The van der Waals surface area contributed by atoms with Gasteiger partial charge in [-0.05, 0) is 30.9 Å². The number of carboxylic acids is 1. The fraction of sp³-hybridized carbons (Fsp3) is 0.348. The molecule has 0 radical (unpaired) electrons. The van der Waals surface area contributed by atoms with Gasteiger partial charge in [-0.25, -0.2) is 13.2 Å². The first-order valence-corrected chi connectivity index (χ1v) is 13.2. The van der Waals surface area contributed by atoms with E-state index in [1.807, 2.05) is 35.2 Å². The molecular formula is C23H27FN2O5S2. The van der Waals surface area contributed by atoms with Gasteiger partial charge in [0.15, 0.2) is 0 Å². The van der Waals surface area contributed by atoms with Crippen molar-refractivity contribution in [2.75, 3.05) is 24.7 Å². The van der Waals surface area contributed by atoms with E-state index >= 15 is 0 Å². The van der Waals surface area contributed by atoms with E-state index in [-0.39, 0.29) is 16.7 Å². The van der Waals surface area contributed by atoms with Gasteiger partial charge >= 0.3 is 5.97 Å². The normalized spacial score (nSPS) is 18.5. The fourth-order valence-electron chi connectivity index (χ4n) is 3.71. The van der Waals surface area contributed by atoms with Crippen molar-refractivity contribution in [1.29, 1.82) is 0 Å². The molecule has 1 aliphatic rings. The van der Waals surface area contributed by atoms with Crippen molar-refractivity contribution in [3.8, 4) is 5.75 Å². The summed E-state index contributed by atoms with van der Waals surface area (Å²) >= 11 is 1.29. The lowest BCUT2D eigenvalue weighted by atomic mass is 10.1. The van der Waals surface area contributed by atoms with Gasteiger partial charge in [0.25, 0.3) is 0 Å². The van der Waals surface area contributed by atoms with Gasteiger partial charge in [0, 0.05) is 31.4 Å². The van der Waals surface area contributed by atoms with Gasteiger partial charge in [0.05, 0.1) is 10.6 Å². The third-order valence-corrected chi connectivity index (χ3v) is 8.25. The Bertz CT molecular complexity index is 1140. The zero-order valence-corrected chi connectivity index (χ0v) is 20.3. The van der Waals surface area contributed by atoms with E-state index in [1.165, 1.54) is 22.1 Å². The number of thioether (sulfide) groups is 1. The van der Waals surface area contributed by atoms with Crippen LogP contribution in [-0.4, -0.2) is 49.7 Å². The molecule has 2 aromatic carbocycles. The number of nitrogens with zero attached hydrogens (tertiary/aromatic N) is 2. The van der Waals surface area contributed by atoms with Crippen LogP contribution in [-0.2, 0) is 14.8 Å². The van der Waals surface area contributed by atoms with E-state index in [4.69, 9.17) is 9.84 Å². The summed E-state index contributed by atoms with van der Waals surface area (Å²) < 4.78 is 47.4. The topological polar surface area (TPSA) is 87.1 Å². The number of likely N-dealkylation sites (N-methyl/N-ethyl adjacent to an activating group) is 1. The minimum Gasteiger partial charge on any atom is -0.476 e. The molecule has 3 rings (SSSR count). The van der Waals surface area contributed by atoms with Gasteiger partial charge in [0.1, 0.15) is 16.9 Å². The van der Waals surface area contributed by atoms with E-state index in [0.29, 0.717) is 29.8 Å². The van der Waals surface area contributed by atoms with Crippen molar-refractivity contribution in [3.05, 3.63) is 54.6 Å². The second-order valence-corrected chi connectivity index (χ2v) is 10.4. The quantitative estimate of drug-likeness (QED) is 0.313. The number of hydrogen-bond acceptors (Lipinski definition) is 6. The molecule has 10 heteroatoms. The Morgan fingerprint density at radius 1 is 1.30 bits per heavy atom. The van der Waals surface area contributed by atoms with Gasteiger partial charge in [-0.1, -0.05) is 38.0 Å². The number of carboxylic acid groups (broad SMARTS) is 1. The van der Waals surface area contributed by atoms with E-state index in [2.05, 4.69) is 6.92 Å². The first-order valence-electron chi connectivity index (χ1n) is 10.5. The maximum atomic E-state index is 13.6. The molecule has 0 fully saturated rings. The summed E-state index contributed by atoms with van der Waals surface area (Å²) in [5.74, 6) is -3.19. The highest BCUT2D eigenvalue weighted by Gasteiger charge is 2.37. The minimum absolute atomic E-state index is 0.0183. The molecule has 2 aromatic rings. The van der Waals surface area contributed by atoms with Crippen molar-refractivity contribution in [3.63, 3.8) is 0 Å². The number of ether oxygens (including phenoxy) is 1. The standard InChI is InChI=1S/C23H27FN2O5S2/c1-4-5-9-17-14-26(16-10-7-6-8-11-16)19-12-21(32-3)20(31-15-18(24)23(27)28)13-22(19)33(29,30)25(17)2/h6-8,10-13,15,17H,4-5,9,14H2,1-3H3,(H,27,28)/b18-15-/t17-/m1/s1. The smallest absolute Gasteiger partial charge is 0.368 e. The number of carbonyl (C=O) groups is 1.